The first-order valence-corrected chi connectivity index (χ1v) is 21.7. The van der Waals surface area contributed by atoms with Gasteiger partial charge in [0.2, 0.25) is 0 Å². The molecule has 12 rings (SSSR count). The molecular formula is C59H45N3. The van der Waals surface area contributed by atoms with Crippen LogP contribution in [0.3, 0.4) is 0 Å². The fourth-order valence-electron chi connectivity index (χ4n) is 10.8. The van der Waals surface area contributed by atoms with E-state index >= 15 is 0 Å². The van der Waals surface area contributed by atoms with E-state index in [9.17, 15) is 0 Å². The summed E-state index contributed by atoms with van der Waals surface area (Å²) < 4.78 is 0. The molecule has 0 radical (unpaired) electrons. The first kappa shape index (κ1) is 36.4. The minimum absolute atomic E-state index is 0.134. The zero-order valence-electron chi connectivity index (χ0n) is 35.4. The van der Waals surface area contributed by atoms with E-state index in [1.54, 1.807) is 0 Å². The molecule has 0 atom stereocenters. The van der Waals surface area contributed by atoms with Crippen LogP contribution < -0.4 is 10.3 Å². The van der Waals surface area contributed by atoms with E-state index in [2.05, 4.69) is 220 Å². The van der Waals surface area contributed by atoms with Gasteiger partial charge >= 0.3 is 0 Å². The van der Waals surface area contributed by atoms with Crippen molar-refractivity contribution in [3.8, 4) is 22.3 Å². The van der Waals surface area contributed by atoms with Gasteiger partial charge in [0.1, 0.15) is 0 Å². The van der Waals surface area contributed by atoms with Crippen LogP contribution in [0.4, 0.5) is 22.7 Å². The summed E-state index contributed by atoms with van der Waals surface area (Å²) in [6.07, 6.45) is 0. The summed E-state index contributed by atoms with van der Waals surface area (Å²) >= 11 is 0. The molecule has 0 amide bonds. The number of nitrogens with zero attached hydrogens (tertiary/aromatic N) is 2. The number of nitrogens with one attached hydrogen (secondary N) is 1. The van der Waals surface area contributed by atoms with Gasteiger partial charge in [-0.2, -0.15) is 5.10 Å². The number of hydrogen-bond acceptors (Lipinski definition) is 3. The molecule has 0 fully saturated rings. The first-order valence-electron chi connectivity index (χ1n) is 21.7. The molecule has 0 spiro atoms. The lowest BCUT2D eigenvalue weighted by Gasteiger charge is -2.31. The Balaban J connectivity index is 1.06. The Bertz CT molecular complexity index is 3280. The highest BCUT2D eigenvalue weighted by Gasteiger charge is 2.38. The number of fused-ring (bicyclic) bond motifs is 6. The molecule has 0 saturated carbocycles. The Morgan fingerprint density at radius 3 is 1.44 bits per heavy atom. The van der Waals surface area contributed by atoms with Crippen LogP contribution in [0, 0.1) is 0 Å². The molecule has 0 unspecified atom stereocenters. The van der Waals surface area contributed by atoms with Gasteiger partial charge < -0.3 is 4.90 Å². The van der Waals surface area contributed by atoms with Crippen molar-refractivity contribution < 1.29 is 0 Å². The van der Waals surface area contributed by atoms with E-state index in [-0.39, 0.29) is 10.8 Å². The van der Waals surface area contributed by atoms with Gasteiger partial charge in [0.25, 0.3) is 0 Å². The van der Waals surface area contributed by atoms with Gasteiger partial charge in [-0.05, 0) is 102 Å². The van der Waals surface area contributed by atoms with Crippen LogP contribution in [0.25, 0.3) is 54.6 Å². The lowest BCUT2D eigenvalue weighted by Crippen LogP contribution is -2.18. The summed E-state index contributed by atoms with van der Waals surface area (Å²) in [5.74, 6) is 0. The quantitative estimate of drug-likeness (QED) is 0.0988. The standard InChI is InChI=1S/C59H45N3/c1-58(2)49-21-13-11-19-43(49)45-31-27-41(35-51(45)58)62(42-28-32-46-44-20-12-14-22-50(44)59(3,4)52(46)36-42)54-34-26-38-23-29-47-53(33-25-37-24-30-48(54)56(38)55(37)47)60-61-57(39-15-7-5-8-16-39)40-17-9-6-10-18-40/h5-36,60H,1-4H3. The van der Waals surface area contributed by atoms with Crippen molar-refractivity contribution >= 4 is 60.8 Å². The molecule has 2 aliphatic rings. The fraction of sp³-hybridized carbons (Fsp3) is 0.102. The molecule has 10 aromatic carbocycles. The summed E-state index contributed by atoms with van der Waals surface area (Å²) in [5, 5.41) is 12.4. The Kier molecular flexibility index (Phi) is 7.92. The Hall–Kier alpha value is -7.49. The van der Waals surface area contributed by atoms with Crippen LogP contribution >= 0.6 is 0 Å². The lowest BCUT2D eigenvalue weighted by atomic mass is 9.82. The molecule has 296 valence electrons. The van der Waals surface area contributed by atoms with Gasteiger partial charge in [0.15, 0.2) is 0 Å². The maximum atomic E-state index is 5.11. The zero-order valence-corrected chi connectivity index (χ0v) is 35.4. The van der Waals surface area contributed by atoms with E-state index < -0.39 is 0 Å². The summed E-state index contributed by atoms with van der Waals surface area (Å²) in [6.45, 7) is 9.48. The van der Waals surface area contributed by atoms with E-state index in [0.29, 0.717) is 0 Å². The molecule has 1 N–H and O–H groups in total. The van der Waals surface area contributed by atoms with Crippen LogP contribution in [0.1, 0.15) is 61.1 Å². The van der Waals surface area contributed by atoms with Crippen molar-refractivity contribution in [2.24, 2.45) is 5.10 Å². The number of hydrogen-bond donors (Lipinski definition) is 1. The second-order valence-corrected chi connectivity index (χ2v) is 18.1. The number of rotatable bonds is 7. The zero-order chi connectivity index (χ0) is 41.7. The predicted octanol–water partition coefficient (Wildman–Crippen LogP) is 15.5. The highest BCUT2D eigenvalue weighted by Crippen LogP contribution is 2.54. The van der Waals surface area contributed by atoms with Crippen molar-refractivity contribution in [3.63, 3.8) is 0 Å². The second-order valence-electron chi connectivity index (χ2n) is 18.1. The van der Waals surface area contributed by atoms with E-state index in [4.69, 9.17) is 5.10 Å². The van der Waals surface area contributed by atoms with Crippen LogP contribution in [-0.2, 0) is 10.8 Å². The Morgan fingerprint density at radius 1 is 0.419 bits per heavy atom. The molecule has 0 aliphatic heterocycles. The second kappa shape index (κ2) is 13.5. The number of hydrazone groups is 1. The topological polar surface area (TPSA) is 27.6 Å². The third kappa shape index (κ3) is 5.34. The molecule has 62 heavy (non-hydrogen) atoms. The summed E-state index contributed by atoms with van der Waals surface area (Å²) in [4.78, 5) is 2.51. The maximum absolute atomic E-state index is 5.11. The molecule has 3 nitrogen and oxygen atoms in total. The smallest absolute Gasteiger partial charge is 0.0977 e. The van der Waals surface area contributed by atoms with Gasteiger partial charge in [0.05, 0.1) is 17.1 Å². The summed E-state index contributed by atoms with van der Waals surface area (Å²) in [5.41, 5.74) is 21.5. The van der Waals surface area contributed by atoms with Gasteiger partial charge in [-0.1, -0.05) is 185 Å². The minimum Gasteiger partial charge on any atom is -0.310 e. The number of anilines is 4. The largest absolute Gasteiger partial charge is 0.310 e. The highest BCUT2D eigenvalue weighted by atomic mass is 15.3. The third-order valence-corrected chi connectivity index (χ3v) is 13.9. The van der Waals surface area contributed by atoms with Crippen molar-refractivity contribution in [1.29, 1.82) is 0 Å². The molecule has 0 heterocycles. The summed E-state index contributed by atoms with van der Waals surface area (Å²) in [7, 11) is 0. The third-order valence-electron chi connectivity index (χ3n) is 13.9. The predicted molar refractivity (Wildman–Crippen MR) is 262 cm³/mol. The molecule has 0 saturated heterocycles. The minimum atomic E-state index is -0.134. The van der Waals surface area contributed by atoms with Crippen molar-refractivity contribution in [2.45, 2.75) is 38.5 Å². The Morgan fingerprint density at radius 2 is 0.871 bits per heavy atom. The molecule has 3 heteroatoms. The first-order chi connectivity index (χ1) is 30.3. The normalized spacial score (nSPS) is 14.1. The van der Waals surface area contributed by atoms with Crippen molar-refractivity contribution in [3.05, 3.63) is 228 Å². The summed E-state index contributed by atoms with van der Waals surface area (Å²) in [6, 6.07) is 71.1. The lowest BCUT2D eigenvalue weighted by molar-refractivity contribution is 0.660. The van der Waals surface area contributed by atoms with Crippen molar-refractivity contribution in [1.82, 2.24) is 0 Å². The van der Waals surface area contributed by atoms with Gasteiger partial charge in [-0.15, -0.1) is 0 Å². The van der Waals surface area contributed by atoms with Crippen LogP contribution in [-0.4, -0.2) is 5.71 Å². The highest BCUT2D eigenvalue weighted by molar-refractivity contribution is 6.28. The van der Waals surface area contributed by atoms with E-state index in [1.165, 1.54) is 71.4 Å². The van der Waals surface area contributed by atoms with E-state index in [1.807, 2.05) is 12.1 Å². The Labute approximate surface area is 363 Å². The SMILES string of the molecule is CC1(C)c2ccccc2-c2ccc(N(c3ccc4c(c3)C(C)(C)c3ccccc3-4)c3ccc4ccc5c(NN=C(c6ccccc6)c6ccccc6)ccc6ccc3c4c65)cc21. The van der Waals surface area contributed by atoms with Crippen LogP contribution in [0.2, 0.25) is 0 Å². The average Bonchev–Trinajstić information content (AvgIpc) is 3.68. The molecule has 0 aromatic heterocycles. The fourth-order valence-corrected chi connectivity index (χ4v) is 10.8. The monoisotopic (exact) mass is 795 g/mol. The molecule has 0 bridgehead atoms. The van der Waals surface area contributed by atoms with Crippen LogP contribution in [0.5, 0.6) is 0 Å². The number of benzene rings is 10. The molecule has 10 aromatic rings. The van der Waals surface area contributed by atoms with Gasteiger partial charge in [0, 0.05) is 44.1 Å². The molecule has 2 aliphatic carbocycles. The maximum Gasteiger partial charge on any atom is 0.0977 e. The van der Waals surface area contributed by atoms with Gasteiger partial charge in [-0.25, -0.2) is 0 Å². The van der Waals surface area contributed by atoms with Crippen molar-refractivity contribution in [2.75, 3.05) is 10.3 Å². The average molecular weight is 796 g/mol. The van der Waals surface area contributed by atoms with Crippen LogP contribution in [0.15, 0.2) is 199 Å². The van der Waals surface area contributed by atoms with E-state index in [0.717, 1.165) is 45.0 Å². The molecular weight excluding hydrogens is 751 g/mol. The van der Waals surface area contributed by atoms with Gasteiger partial charge in [-0.3, -0.25) is 5.43 Å².